The smallest absolute Gasteiger partial charge is 0.254 e. The molecule has 1 saturated heterocycles. The molecule has 1 heterocycles. The molecule has 1 N–H and O–H groups in total. The van der Waals surface area contributed by atoms with Gasteiger partial charge in [0.1, 0.15) is 5.75 Å². The maximum absolute atomic E-state index is 12.3. The van der Waals surface area contributed by atoms with Gasteiger partial charge in [-0.25, -0.2) is 0 Å². The highest BCUT2D eigenvalue weighted by atomic mass is 79.9. The van der Waals surface area contributed by atoms with E-state index in [0.717, 1.165) is 4.47 Å². The second kappa shape index (κ2) is 6.06. The normalized spacial score (nSPS) is 15.1. The summed E-state index contributed by atoms with van der Waals surface area (Å²) in [6.07, 6.45) is 0. The second-order valence-corrected chi connectivity index (χ2v) is 5.01. The van der Waals surface area contributed by atoms with Crippen LogP contribution in [0.1, 0.15) is 17.3 Å². The number of benzene rings is 1. The van der Waals surface area contributed by atoms with Crippen LogP contribution in [0.4, 0.5) is 0 Å². The Morgan fingerprint density at radius 3 is 2.95 bits per heavy atom. The van der Waals surface area contributed by atoms with Gasteiger partial charge < -0.3 is 15.0 Å². The number of piperazine rings is 1. The van der Waals surface area contributed by atoms with E-state index < -0.39 is 0 Å². The van der Waals surface area contributed by atoms with Gasteiger partial charge in [0, 0.05) is 18.7 Å². The van der Waals surface area contributed by atoms with E-state index in [1.54, 1.807) is 23.1 Å². The Balaban J connectivity index is 2.15. The van der Waals surface area contributed by atoms with Crippen LogP contribution in [-0.4, -0.2) is 43.0 Å². The van der Waals surface area contributed by atoms with E-state index in [1.807, 2.05) is 6.92 Å². The third-order valence-electron chi connectivity index (χ3n) is 2.80. The molecular formula is C13H15BrN2O3. The molecule has 1 aliphatic heterocycles. The van der Waals surface area contributed by atoms with Gasteiger partial charge >= 0.3 is 0 Å². The summed E-state index contributed by atoms with van der Waals surface area (Å²) in [5.41, 5.74) is 0.546. The SMILES string of the molecule is CCOc1ccc(C(=O)N2CCNC(=O)C2)cc1Br. The molecule has 102 valence electrons. The lowest BCUT2D eigenvalue weighted by Gasteiger charge is -2.26. The summed E-state index contributed by atoms with van der Waals surface area (Å²) >= 11 is 3.38. The van der Waals surface area contributed by atoms with E-state index in [0.29, 0.717) is 31.0 Å². The van der Waals surface area contributed by atoms with Gasteiger partial charge in [0.05, 0.1) is 17.6 Å². The third kappa shape index (κ3) is 3.26. The van der Waals surface area contributed by atoms with Gasteiger partial charge in [0.15, 0.2) is 0 Å². The second-order valence-electron chi connectivity index (χ2n) is 4.15. The van der Waals surface area contributed by atoms with Gasteiger partial charge in [-0.2, -0.15) is 0 Å². The molecule has 0 atom stereocenters. The van der Waals surface area contributed by atoms with Crippen molar-refractivity contribution in [1.82, 2.24) is 10.2 Å². The number of ether oxygens (including phenoxy) is 1. The molecular weight excluding hydrogens is 312 g/mol. The lowest BCUT2D eigenvalue weighted by molar-refractivity contribution is -0.123. The first-order valence-electron chi connectivity index (χ1n) is 6.10. The van der Waals surface area contributed by atoms with E-state index in [4.69, 9.17) is 4.74 Å². The minimum Gasteiger partial charge on any atom is -0.493 e. The number of carbonyl (C=O) groups excluding carboxylic acids is 2. The summed E-state index contributed by atoms with van der Waals surface area (Å²) in [7, 11) is 0. The van der Waals surface area contributed by atoms with Crippen molar-refractivity contribution in [2.24, 2.45) is 0 Å². The summed E-state index contributed by atoms with van der Waals surface area (Å²) in [6.45, 7) is 3.62. The Labute approximate surface area is 120 Å². The number of nitrogens with one attached hydrogen (secondary N) is 1. The number of rotatable bonds is 3. The molecule has 0 spiro atoms. The summed E-state index contributed by atoms with van der Waals surface area (Å²) in [6, 6.07) is 5.19. The molecule has 0 unspecified atom stereocenters. The number of carbonyl (C=O) groups is 2. The van der Waals surface area contributed by atoms with E-state index in [9.17, 15) is 9.59 Å². The van der Waals surface area contributed by atoms with Crippen LogP contribution < -0.4 is 10.1 Å². The van der Waals surface area contributed by atoms with E-state index in [2.05, 4.69) is 21.2 Å². The summed E-state index contributed by atoms with van der Waals surface area (Å²) in [4.78, 5) is 25.1. The largest absolute Gasteiger partial charge is 0.493 e. The molecule has 0 radical (unpaired) electrons. The molecule has 2 rings (SSSR count). The summed E-state index contributed by atoms with van der Waals surface area (Å²) < 4.78 is 6.14. The Bertz CT molecular complexity index is 505. The van der Waals surface area contributed by atoms with Gasteiger partial charge in [0.2, 0.25) is 5.91 Å². The molecule has 0 saturated carbocycles. The summed E-state index contributed by atoms with van der Waals surface area (Å²) in [5, 5.41) is 2.69. The zero-order valence-electron chi connectivity index (χ0n) is 10.6. The standard InChI is InChI=1S/C13H15BrN2O3/c1-2-19-11-4-3-9(7-10(11)14)13(18)16-6-5-15-12(17)8-16/h3-4,7H,2,5-6,8H2,1H3,(H,15,17). The maximum atomic E-state index is 12.3. The lowest BCUT2D eigenvalue weighted by Crippen LogP contribution is -2.49. The van der Waals surface area contributed by atoms with Gasteiger partial charge in [-0.3, -0.25) is 9.59 Å². The average Bonchev–Trinajstić information content (AvgIpc) is 2.40. The maximum Gasteiger partial charge on any atom is 0.254 e. The molecule has 1 fully saturated rings. The Kier molecular flexibility index (Phi) is 4.42. The van der Waals surface area contributed by atoms with Crippen LogP contribution in [0.3, 0.4) is 0 Å². The molecule has 0 bridgehead atoms. The molecule has 1 aromatic carbocycles. The topological polar surface area (TPSA) is 58.6 Å². The van der Waals surface area contributed by atoms with Crippen LogP contribution in [0, 0.1) is 0 Å². The highest BCUT2D eigenvalue weighted by Gasteiger charge is 2.22. The fourth-order valence-electron chi connectivity index (χ4n) is 1.90. The van der Waals surface area contributed by atoms with Gasteiger partial charge in [0.25, 0.3) is 5.91 Å². The zero-order valence-corrected chi connectivity index (χ0v) is 12.2. The highest BCUT2D eigenvalue weighted by Crippen LogP contribution is 2.26. The fraction of sp³-hybridized carbons (Fsp3) is 0.385. The minimum atomic E-state index is -0.140. The molecule has 19 heavy (non-hydrogen) atoms. The van der Waals surface area contributed by atoms with E-state index in [1.165, 1.54) is 0 Å². The number of hydrogen-bond acceptors (Lipinski definition) is 3. The first-order valence-corrected chi connectivity index (χ1v) is 6.89. The predicted octanol–water partition coefficient (Wildman–Crippen LogP) is 1.42. The lowest BCUT2D eigenvalue weighted by atomic mass is 10.1. The molecule has 0 aromatic heterocycles. The highest BCUT2D eigenvalue weighted by molar-refractivity contribution is 9.10. The molecule has 1 aromatic rings. The first kappa shape index (κ1) is 13.9. The van der Waals surface area contributed by atoms with Crippen LogP contribution in [0.15, 0.2) is 22.7 Å². The molecule has 1 aliphatic rings. The van der Waals surface area contributed by atoms with Crippen molar-refractivity contribution >= 4 is 27.7 Å². The number of nitrogens with zero attached hydrogens (tertiary/aromatic N) is 1. The first-order chi connectivity index (χ1) is 9.11. The molecule has 0 aliphatic carbocycles. The van der Waals surface area contributed by atoms with Crippen molar-refractivity contribution in [2.75, 3.05) is 26.2 Å². The van der Waals surface area contributed by atoms with Crippen LogP contribution in [0.25, 0.3) is 0 Å². The van der Waals surface area contributed by atoms with Crippen molar-refractivity contribution < 1.29 is 14.3 Å². The van der Waals surface area contributed by atoms with E-state index >= 15 is 0 Å². The molecule has 2 amide bonds. The monoisotopic (exact) mass is 326 g/mol. The van der Waals surface area contributed by atoms with Crippen LogP contribution in [0.5, 0.6) is 5.75 Å². The number of hydrogen-bond donors (Lipinski definition) is 1. The van der Waals surface area contributed by atoms with Crippen LogP contribution in [-0.2, 0) is 4.79 Å². The van der Waals surface area contributed by atoms with Crippen molar-refractivity contribution in [3.8, 4) is 5.75 Å². The van der Waals surface area contributed by atoms with E-state index in [-0.39, 0.29) is 18.4 Å². The van der Waals surface area contributed by atoms with Crippen molar-refractivity contribution in [3.63, 3.8) is 0 Å². The number of amides is 2. The quantitative estimate of drug-likeness (QED) is 0.913. The minimum absolute atomic E-state index is 0.115. The van der Waals surface area contributed by atoms with Crippen molar-refractivity contribution in [1.29, 1.82) is 0 Å². The Morgan fingerprint density at radius 1 is 1.53 bits per heavy atom. The molecule has 6 heteroatoms. The third-order valence-corrected chi connectivity index (χ3v) is 3.42. The average molecular weight is 327 g/mol. The van der Waals surface area contributed by atoms with Crippen molar-refractivity contribution in [3.05, 3.63) is 28.2 Å². The number of halogens is 1. The summed E-state index contributed by atoms with van der Waals surface area (Å²) in [5.74, 6) is 0.443. The fourth-order valence-corrected chi connectivity index (χ4v) is 2.39. The van der Waals surface area contributed by atoms with Crippen LogP contribution in [0.2, 0.25) is 0 Å². The Hall–Kier alpha value is -1.56. The predicted molar refractivity (Wildman–Crippen MR) is 74.2 cm³/mol. The molecule has 5 nitrogen and oxygen atoms in total. The van der Waals surface area contributed by atoms with Crippen LogP contribution >= 0.6 is 15.9 Å². The zero-order chi connectivity index (χ0) is 13.8. The Morgan fingerprint density at radius 2 is 2.32 bits per heavy atom. The van der Waals surface area contributed by atoms with Gasteiger partial charge in [-0.05, 0) is 41.1 Å². The van der Waals surface area contributed by atoms with Crippen molar-refractivity contribution in [2.45, 2.75) is 6.92 Å². The van der Waals surface area contributed by atoms with Gasteiger partial charge in [-0.1, -0.05) is 0 Å². The van der Waals surface area contributed by atoms with Gasteiger partial charge in [-0.15, -0.1) is 0 Å².